The van der Waals surface area contributed by atoms with E-state index in [4.69, 9.17) is 12.2 Å². The van der Waals surface area contributed by atoms with E-state index in [2.05, 4.69) is 10.6 Å². The molecule has 0 aromatic heterocycles. The molecule has 0 heterocycles. The van der Waals surface area contributed by atoms with Crippen LogP contribution < -0.4 is 10.6 Å². The van der Waals surface area contributed by atoms with Crippen molar-refractivity contribution < 1.29 is 8.42 Å². The molecule has 1 rings (SSSR count). The van der Waals surface area contributed by atoms with Crippen molar-refractivity contribution in [2.75, 3.05) is 18.1 Å². The largest absolute Gasteiger partial charge is 0.363 e. The first-order chi connectivity index (χ1) is 7.43. The minimum Gasteiger partial charge on any atom is -0.363 e. The van der Waals surface area contributed by atoms with Crippen molar-refractivity contribution in [2.45, 2.75) is 11.8 Å². The molecular weight excluding hydrogens is 244 g/mol. The second-order valence-corrected chi connectivity index (χ2v) is 5.70. The predicted molar refractivity (Wildman–Crippen MR) is 69.4 cm³/mol. The number of hydrogen-bond donors (Lipinski definition) is 2. The Kier molecular flexibility index (Phi) is 4.26. The Hall–Kier alpha value is -1.14. The number of anilines is 1. The highest BCUT2D eigenvalue weighted by Gasteiger charge is 2.06. The van der Waals surface area contributed by atoms with Crippen LogP contribution in [-0.4, -0.2) is 26.3 Å². The van der Waals surface area contributed by atoms with E-state index in [-0.39, 0.29) is 0 Å². The lowest BCUT2D eigenvalue weighted by atomic mass is 10.3. The number of rotatable bonds is 3. The number of thiocarbonyl (C=S) groups is 1. The third-order valence-corrected chi connectivity index (χ3v) is 3.25. The van der Waals surface area contributed by atoms with Gasteiger partial charge >= 0.3 is 0 Å². The molecule has 0 amide bonds. The van der Waals surface area contributed by atoms with Gasteiger partial charge in [0.25, 0.3) is 0 Å². The highest BCUT2D eigenvalue weighted by atomic mass is 32.2. The van der Waals surface area contributed by atoms with Gasteiger partial charge in [-0.25, -0.2) is 8.42 Å². The minimum absolute atomic E-state index is 0.299. The van der Waals surface area contributed by atoms with Gasteiger partial charge in [0, 0.05) is 18.5 Å². The molecule has 0 saturated carbocycles. The van der Waals surface area contributed by atoms with Gasteiger partial charge < -0.3 is 10.6 Å². The molecule has 0 aliphatic rings. The van der Waals surface area contributed by atoms with E-state index in [0.29, 0.717) is 10.0 Å². The van der Waals surface area contributed by atoms with E-state index in [1.54, 1.807) is 24.3 Å². The highest BCUT2D eigenvalue weighted by Crippen LogP contribution is 2.13. The van der Waals surface area contributed by atoms with Crippen LogP contribution in [0.4, 0.5) is 5.69 Å². The van der Waals surface area contributed by atoms with Crippen LogP contribution in [0.15, 0.2) is 29.2 Å². The Morgan fingerprint density at radius 2 is 1.88 bits per heavy atom. The van der Waals surface area contributed by atoms with E-state index < -0.39 is 9.84 Å². The van der Waals surface area contributed by atoms with Crippen LogP contribution >= 0.6 is 12.2 Å². The molecule has 0 aliphatic heterocycles. The summed E-state index contributed by atoms with van der Waals surface area (Å²) in [5.41, 5.74) is 0.762. The lowest BCUT2D eigenvalue weighted by molar-refractivity contribution is 0.602. The minimum atomic E-state index is -3.13. The van der Waals surface area contributed by atoms with Crippen LogP contribution in [0.1, 0.15) is 6.92 Å². The van der Waals surface area contributed by atoms with Gasteiger partial charge in [-0.1, -0.05) is 0 Å². The summed E-state index contributed by atoms with van der Waals surface area (Å²) in [5.74, 6) is 0. The van der Waals surface area contributed by atoms with E-state index in [0.717, 1.165) is 12.2 Å². The Balaban J connectivity index is 2.76. The Labute approximate surface area is 101 Å². The van der Waals surface area contributed by atoms with Crippen LogP contribution in [0.3, 0.4) is 0 Å². The normalized spacial score (nSPS) is 10.9. The van der Waals surface area contributed by atoms with Crippen LogP contribution in [0.25, 0.3) is 0 Å². The number of sulfone groups is 1. The van der Waals surface area contributed by atoms with Gasteiger partial charge in [0.2, 0.25) is 0 Å². The summed E-state index contributed by atoms with van der Waals surface area (Å²) in [5, 5.41) is 6.41. The quantitative estimate of drug-likeness (QED) is 0.803. The first-order valence-electron chi connectivity index (χ1n) is 4.78. The molecular formula is C10H14N2O2S2. The Bertz CT molecular complexity index is 466. The summed E-state index contributed by atoms with van der Waals surface area (Å²) in [6.07, 6.45) is 1.18. The Morgan fingerprint density at radius 3 is 2.31 bits per heavy atom. The third kappa shape index (κ3) is 3.79. The molecule has 0 fully saturated rings. The summed E-state index contributed by atoms with van der Waals surface area (Å²) >= 11 is 5.00. The molecule has 0 bridgehead atoms. The van der Waals surface area contributed by atoms with Gasteiger partial charge in [0.1, 0.15) is 0 Å². The first kappa shape index (κ1) is 12.9. The zero-order valence-electron chi connectivity index (χ0n) is 9.15. The van der Waals surface area contributed by atoms with Crippen molar-refractivity contribution in [2.24, 2.45) is 0 Å². The smallest absolute Gasteiger partial charge is 0.175 e. The zero-order chi connectivity index (χ0) is 12.2. The molecule has 6 heteroatoms. The highest BCUT2D eigenvalue weighted by molar-refractivity contribution is 7.90. The maximum absolute atomic E-state index is 11.2. The van der Waals surface area contributed by atoms with Crippen LogP contribution in [0.5, 0.6) is 0 Å². The third-order valence-electron chi connectivity index (χ3n) is 1.88. The monoisotopic (exact) mass is 258 g/mol. The van der Waals surface area contributed by atoms with Crippen molar-refractivity contribution in [3.8, 4) is 0 Å². The average Bonchev–Trinajstić information content (AvgIpc) is 2.17. The van der Waals surface area contributed by atoms with Crippen molar-refractivity contribution in [1.29, 1.82) is 0 Å². The van der Waals surface area contributed by atoms with Crippen LogP contribution in [-0.2, 0) is 9.84 Å². The predicted octanol–water partition coefficient (Wildman–Crippen LogP) is 1.40. The summed E-state index contributed by atoms with van der Waals surface area (Å²) in [6.45, 7) is 2.69. The molecule has 0 radical (unpaired) electrons. The maximum atomic E-state index is 11.2. The lowest BCUT2D eigenvalue weighted by Gasteiger charge is -2.08. The molecule has 0 saturated heterocycles. The van der Waals surface area contributed by atoms with Gasteiger partial charge in [-0.15, -0.1) is 0 Å². The van der Waals surface area contributed by atoms with Gasteiger partial charge in [0.15, 0.2) is 14.9 Å². The van der Waals surface area contributed by atoms with Crippen LogP contribution in [0.2, 0.25) is 0 Å². The lowest BCUT2D eigenvalue weighted by Crippen LogP contribution is -2.27. The van der Waals surface area contributed by atoms with Crippen LogP contribution in [0, 0.1) is 0 Å². The summed E-state index contributed by atoms with van der Waals surface area (Å²) in [7, 11) is -3.13. The number of nitrogens with one attached hydrogen (secondary N) is 2. The van der Waals surface area contributed by atoms with E-state index in [9.17, 15) is 8.42 Å². The van der Waals surface area contributed by atoms with Crippen molar-refractivity contribution in [3.63, 3.8) is 0 Å². The summed E-state index contributed by atoms with van der Waals surface area (Å²) in [6, 6.07) is 6.46. The van der Waals surface area contributed by atoms with E-state index in [1.807, 2.05) is 6.92 Å². The molecule has 0 aliphatic carbocycles. The number of benzene rings is 1. The van der Waals surface area contributed by atoms with E-state index >= 15 is 0 Å². The molecule has 2 N–H and O–H groups in total. The summed E-state index contributed by atoms with van der Waals surface area (Å²) < 4.78 is 22.4. The molecule has 0 spiro atoms. The fourth-order valence-corrected chi connectivity index (χ4v) is 2.01. The van der Waals surface area contributed by atoms with Crippen molar-refractivity contribution in [1.82, 2.24) is 5.32 Å². The molecule has 1 aromatic rings. The van der Waals surface area contributed by atoms with Gasteiger partial charge in [-0.05, 0) is 43.4 Å². The molecule has 88 valence electrons. The standard InChI is InChI=1S/C10H14N2O2S2/c1-3-11-10(15)12-8-4-6-9(7-5-8)16(2,13)14/h4-7H,3H2,1-2H3,(H2,11,12,15). The topological polar surface area (TPSA) is 58.2 Å². The average molecular weight is 258 g/mol. The zero-order valence-corrected chi connectivity index (χ0v) is 10.8. The molecule has 16 heavy (non-hydrogen) atoms. The molecule has 0 atom stereocenters. The SMILES string of the molecule is CCNC(=S)Nc1ccc(S(C)(=O)=O)cc1. The second kappa shape index (κ2) is 5.27. The molecule has 4 nitrogen and oxygen atoms in total. The van der Waals surface area contributed by atoms with Gasteiger partial charge in [-0.3, -0.25) is 0 Å². The van der Waals surface area contributed by atoms with Crippen molar-refractivity contribution in [3.05, 3.63) is 24.3 Å². The Morgan fingerprint density at radius 1 is 1.31 bits per heavy atom. The van der Waals surface area contributed by atoms with E-state index in [1.165, 1.54) is 6.26 Å². The van der Waals surface area contributed by atoms with Gasteiger partial charge in [-0.2, -0.15) is 0 Å². The van der Waals surface area contributed by atoms with Crippen molar-refractivity contribution >= 4 is 32.9 Å². The fourth-order valence-electron chi connectivity index (χ4n) is 1.12. The number of hydrogen-bond acceptors (Lipinski definition) is 3. The molecule has 1 aromatic carbocycles. The van der Waals surface area contributed by atoms with Gasteiger partial charge in [0.05, 0.1) is 4.90 Å². The fraction of sp³-hybridized carbons (Fsp3) is 0.300. The molecule has 0 unspecified atom stereocenters. The second-order valence-electron chi connectivity index (χ2n) is 3.28. The maximum Gasteiger partial charge on any atom is 0.175 e. The first-order valence-corrected chi connectivity index (χ1v) is 7.08. The summed E-state index contributed by atoms with van der Waals surface area (Å²) in [4.78, 5) is 0.299.